The zero-order chi connectivity index (χ0) is 9.56. The van der Waals surface area contributed by atoms with Gasteiger partial charge in [0.25, 0.3) is 0 Å². The van der Waals surface area contributed by atoms with E-state index in [1.165, 1.54) is 0 Å². The molecule has 0 heterocycles. The van der Waals surface area contributed by atoms with Crippen molar-refractivity contribution in [3.05, 3.63) is 0 Å². The van der Waals surface area contributed by atoms with E-state index < -0.39 is 5.97 Å². The van der Waals surface area contributed by atoms with Crippen LogP contribution in [0.2, 0.25) is 0 Å². The fourth-order valence-corrected chi connectivity index (χ4v) is 0.892. The molecule has 3 nitrogen and oxygen atoms in total. The number of hydrogen-bond donors (Lipinski definition) is 1. The van der Waals surface area contributed by atoms with Crippen molar-refractivity contribution in [2.75, 3.05) is 20.1 Å². The quantitative estimate of drug-likeness (QED) is 0.615. The molecule has 3 heteroatoms. The second-order valence-corrected chi connectivity index (χ2v) is 2.96. The fraction of sp³-hybridized carbons (Fsp3) is 0.667. The average Bonchev–Trinajstić information content (AvgIpc) is 2.00. The molecule has 1 unspecified atom stereocenters. The van der Waals surface area contributed by atoms with Gasteiger partial charge >= 0.3 is 5.97 Å². The fourth-order valence-electron chi connectivity index (χ4n) is 0.892. The Bertz CT molecular complexity index is 183. The Morgan fingerprint density at radius 1 is 1.75 bits per heavy atom. The van der Waals surface area contributed by atoms with E-state index in [9.17, 15) is 4.79 Å². The van der Waals surface area contributed by atoms with Gasteiger partial charge in [-0.3, -0.25) is 4.79 Å². The highest BCUT2D eigenvalue weighted by molar-refractivity contribution is 5.69. The van der Waals surface area contributed by atoms with Gasteiger partial charge in [-0.05, 0) is 7.05 Å². The summed E-state index contributed by atoms with van der Waals surface area (Å²) in [5.74, 6) is 1.42. The molecule has 0 aliphatic rings. The zero-order valence-electron chi connectivity index (χ0n) is 7.58. The van der Waals surface area contributed by atoms with Gasteiger partial charge < -0.3 is 10.0 Å². The topological polar surface area (TPSA) is 40.5 Å². The lowest BCUT2D eigenvalue weighted by atomic mass is 10.2. The standard InChI is InChI=1S/C9H15NO2/c1-4-5-6-10(3)7-8(2)9(11)12/h1,8H,5-7H2,2-3H3,(H,11,12). The van der Waals surface area contributed by atoms with Crippen LogP contribution < -0.4 is 0 Å². The van der Waals surface area contributed by atoms with Crippen molar-refractivity contribution in [2.45, 2.75) is 13.3 Å². The number of rotatable bonds is 5. The van der Waals surface area contributed by atoms with E-state index in [0.29, 0.717) is 13.0 Å². The largest absolute Gasteiger partial charge is 0.481 e. The summed E-state index contributed by atoms with van der Waals surface area (Å²) >= 11 is 0. The van der Waals surface area contributed by atoms with Crippen molar-refractivity contribution in [3.8, 4) is 12.3 Å². The highest BCUT2D eigenvalue weighted by Crippen LogP contribution is 1.98. The molecule has 0 aliphatic carbocycles. The van der Waals surface area contributed by atoms with E-state index in [1.54, 1.807) is 6.92 Å². The Labute approximate surface area is 73.4 Å². The van der Waals surface area contributed by atoms with E-state index in [2.05, 4.69) is 5.92 Å². The Hall–Kier alpha value is -1.01. The molecule has 0 aromatic carbocycles. The van der Waals surface area contributed by atoms with Gasteiger partial charge in [0.1, 0.15) is 0 Å². The first-order valence-corrected chi connectivity index (χ1v) is 3.92. The van der Waals surface area contributed by atoms with Crippen molar-refractivity contribution in [1.29, 1.82) is 0 Å². The summed E-state index contributed by atoms with van der Waals surface area (Å²) in [6.45, 7) is 3.00. The number of hydrogen-bond acceptors (Lipinski definition) is 2. The van der Waals surface area contributed by atoms with Crippen LogP contribution in [0.15, 0.2) is 0 Å². The van der Waals surface area contributed by atoms with Crippen molar-refractivity contribution >= 4 is 5.97 Å². The molecule has 0 aromatic rings. The Kier molecular flexibility index (Phi) is 5.14. The van der Waals surface area contributed by atoms with Crippen LogP contribution in [-0.2, 0) is 4.79 Å². The maximum atomic E-state index is 10.4. The summed E-state index contributed by atoms with van der Waals surface area (Å²) in [6, 6.07) is 0. The summed E-state index contributed by atoms with van der Waals surface area (Å²) in [6.07, 6.45) is 5.74. The minimum Gasteiger partial charge on any atom is -0.481 e. The SMILES string of the molecule is C#CCCN(C)CC(C)C(=O)O. The van der Waals surface area contributed by atoms with Crippen LogP contribution in [0.1, 0.15) is 13.3 Å². The summed E-state index contributed by atoms with van der Waals surface area (Å²) in [4.78, 5) is 12.4. The molecule has 0 aromatic heterocycles. The molecule has 68 valence electrons. The van der Waals surface area contributed by atoms with Crippen molar-refractivity contribution in [2.24, 2.45) is 5.92 Å². The lowest BCUT2D eigenvalue weighted by molar-refractivity contribution is -0.141. The van der Waals surface area contributed by atoms with E-state index in [1.807, 2.05) is 11.9 Å². The van der Waals surface area contributed by atoms with E-state index in [0.717, 1.165) is 6.54 Å². The molecule has 0 fully saturated rings. The predicted octanol–water partition coefficient (Wildman–Crippen LogP) is 0.662. The van der Waals surface area contributed by atoms with E-state index in [4.69, 9.17) is 11.5 Å². The van der Waals surface area contributed by atoms with Crippen LogP contribution in [0.25, 0.3) is 0 Å². The summed E-state index contributed by atoms with van der Waals surface area (Å²) in [7, 11) is 1.87. The number of carbonyl (C=O) groups is 1. The molecule has 0 saturated heterocycles. The Morgan fingerprint density at radius 3 is 2.75 bits per heavy atom. The monoisotopic (exact) mass is 169 g/mol. The van der Waals surface area contributed by atoms with Gasteiger partial charge in [-0.2, -0.15) is 0 Å². The second-order valence-electron chi connectivity index (χ2n) is 2.96. The third-order valence-corrected chi connectivity index (χ3v) is 1.64. The number of carboxylic acids is 1. The maximum Gasteiger partial charge on any atom is 0.307 e. The maximum absolute atomic E-state index is 10.4. The van der Waals surface area contributed by atoms with Crippen molar-refractivity contribution < 1.29 is 9.90 Å². The molecule has 0 radical (unpaired) electrons. The highest BCUT2D eigenvalue weighted by atomic mass is 16.4. The van der Waals surface area contributed by atoms with Gasteiger partial charge in [0, 0.05) is 19.5 Å². The van der Waals surface area contributed by atoms with Gasteiger partial charge in [-0.15, -0.1) is 12.3 Å². The van der Waals surface area contributed by atoms with Crippen LogP contribution in [0.4, 0.5) is 0 Å². The zero-order valence-corrected chi connectivity index (χ0v) is 7.58. The minimum absolute atomic E-state index is 0.326. The number of carboxylic acid groups (broad SMARTS) is 1. The lowest BCUT2D eigenvalue weighted by Crippen LogP contribution is -2.29. The van der Waals surface area contributed by atoms with Gasteiger partial charge in [0.2, 0.25) is 0 Å². The highest BCUT2D eigenvalue weighted by Gasteiger charge is 2.12. The molecule has 0 bridgehead atoms. The lowest BCUT2D eigenvalue weighted by Gasteiger charge is -2.17. The van der Waals surface area contributed by atoms with E-state index >= 15 is 0 Å². The first kappa shape index (κ1) is 11.0. The molecule has 0 spiro atoms. The first-order chi connectivity index (χ1) is 5.57. The average molecular weight is 169 g/mol. The molecule has 0 saturated carbocycles. The van der Waals surface area contributed by atoms with Crippen LogP contribution in [0, 0.1) is 18.3 Å². The molecular weight excluding hydrogens is 154 g/mol. The number of terminal acetylenes is 1. The van der Waals surface area contributed by atoms with Crippen LogP contribution >= 0.6 is 0 Å². The second kappa shape index (κ2) is 5.62. The molecule has 0 rings (SSSR count). The van der Waals surface area contributed by atoms with Crippen LogP contribution in [-0.4, -0.2) is 36.1 Å². The van der Waals surface area contributed by atoms with Gasteiger partial charge in [-0.1, -0.05) is 6.92 Å². The Balaban J connectivity index is 3.62. The molecule has 0 aliphatic heterocycles. The first-order valence-electron chi connectivity index (χ1n) is 3.92. The third-order valence-electron chi connectivity index (χ3n) is 1.64. The van der Waals surface area contributed by atoms with E-state index in [-0.39, 0.29) is 5.92 Å². The number of aliphatic carboxylic acids is 1. The van der Waals surface area contributed by atoms with Crippen molar-refractivity contribution in [1.82, 2.24) is 4.90 Å². The number of nitrogens with zero attached hydrogens (tertiary/aromatic N) is 1. The summed E-state index contributed by atoms with van der Waals surface area (Å²) in [5.41, 5.74) is 0. The molecule has 1 N–H and O–H groups in total. The van der Waals surface area contributed by atoms with Crippen LogP contribution in [0.3, 0.4) is 0 Å². The smallest absolute Gasteiger partial charge is 0.307 e. The van der Waals surface area contributed by atoms with Gasteiger partial charge in [0.05, 0.1) is 5.92 Å². The summed E-state index contributed by atoms with van der Waals surface area (Å²) in [5, 5.41) is 8.59. The molecule has 0 amide bonds. The summed E-state index contributed by atoms with van der Waals surface area (Å²) < 4.78 is 0. The third kappa shape index (κ3) is 4.75. The normalized spacial score (nSPS) is 12.5. The minimum atomic E-state index is -0.762. The Morgan fingerprint density at radius 2 is 2.33 bits per heavy atom. The molecular formula is C9H15NO2. The predicted molar refractivity (Wildman–Crippen MR) is 47.7 cm³/mol. The van der Waals surface area contributed by atoms with Crippen LogP contribution in [0.5, 0.6) is 0 Å². The molecule has 12 heavy (non-hydrogen) atoms. The van der Waals surface area contributed by atoms with Crippen molar-refractivity contribution in [3.63, 3.8) is 0 Å². The van der Waals surface area contributed by atoms with Gasteiger partial charge in [0.15, 0.2) is 0 Å². The molecule has 1 atom stereocenters. The van der Waals surface area contributed by atoms with Gasteiger partial charge in [-0.25, -0.2) is 0 Å².